The van der Waals surface area contributed by atoms with E-state index in [1.54, 1.807) is 0 Å². The van der Waals surface area contributed by atoms with Crippen molar-refractivity contribution in [3.8, 4) is 22.3 Å². The van der Waals surface area contributed by atoms with Crippen molar-refractivity contribution < 1.29 is 0 Å². The minimum atomic E-state index is 1.26. The van der Waals surface area contributed by atoms with E-state index in [4.69, 9.17) is 0 Å². The molecule has 0 aliphatic carbocycles. The summed E-state index contributed by atoms with van der Waals surface area (Å²) in [7, 11) is 12.8. The van der Waals surface area contributed by atoms with Crippen LogP contribution in [0, 0.1) is 20.8 Å². The number of aromatic nitrogens is 6. The minimum Gasteiger partial charge on any atom is -0.344 e. The van der Waals surface area contributed by atoms with Crippen molar-refractivity contribution in [2.24, 2.45) is 42.3 Å². The normalized spacial score (nSPS) is 11.5. The molecule has 0 bridgehead atoms. The predicted molar refractivity (Wildman–Crippen MR) is 480 cm³/mol. The van der Waals surface area contributed by atoms with Crippen molar-refractivity contribution in [1.82, 2.24) is 27.4 Å². The fourth-order valence-electron chi connectivity index (χ4n) is 17.3. The van der Waals surface area contributed by atoms with Gasteiger partial charge in [0.25, 0.3) is 0 Å². The number of hydrogen-bond donors (Lipinski definition) is 0. The van der Waals surface area contributed by atoms with Crippen LogP contribution in [0.4, 0.5) is 0 Å². The van der Waals surface area contributed by atoms with Crippen LogP contribution < -0.4 is 0 Å². The van der Waals surface area contributed by atoms with E-state index in [0.717, 1.165) is 0 Å². The largest absolute Gasteiger partial charge is 0.344 e. The van der Waals surface area contributed by atoms with Gasteiger partial charge in [-0.1, -0.05) is 271 Å². The van der Waals surface area contributed by atoms with Gasteiger partial charge in [0.15, 0.2) is 0 Å². The molecule has 0 unspecified atom stereocenters. The monoisotopic (exact) mass is 1430 g/mol. The molecule has 0 aliphatic rings. The first-order valence-electron chi connectivity index (χ1n) is 38.4. The average molecular weight is 1430 g/mol. The molecular weight excluding hydrogens is 1350 g/mol. The van der Waals surface area contributed by atoms with Crippen molar-refractivity contribution in [2.75, 3.05) is 0 Å². The standard InChI is InChI=1S/C25H19N.3C17H13N.C15H15N.C14H13N/c1-26-24-14-12-20(18-8-4-2-5-9-18)16-22(24)23-17-21(13-15-25(23)26)19-10-6-3-7-11-19;1-18-16-9-5-4-8-14(16)15-10-12-6-2-3-7-13(12)11-17(15)18;1-18-16-9-5-4-8-14(16)15-11-10-12-6-2-3-7-13(12)17(15)18;1-18-15-9-5-4-8-14(15)17-13-7-3-2-6-12(13)10-11-16(17)18;1-10-4-6-14-12(8-10)13-9-11(2)5-7-15(13)16(14)3;1-10-7-8-14-12(9-10)11-5-3-4-6-13(11)15(14)2/h2-17H,1H3;3*2-11H,1H3;4-9H,1-3H3;3-9H,1-2H3. The van der Waals surface area contributed by atoms with Gasteiger partial charge < -0.3 is 27.4 Å². The van der Waals surface area contributed by atoms with E-state index in [1.165, 1.54) is 202 Å². The highest BCUT2D eigenvalue weighted by Gasteiger charge is 2.16. The summed E-state index contributed by atoms with van der Waals surface area (Å²) >= 11 is 0. The molecule has 111 heavy (non-hydrogen) atoms. The van der Waals surface area contributed by atoms with Gasteiger partial charge in [0.1, 0.15) is 0 Å². The first-order valence-corrected chi connectivity index (χ1v) is 38.4. The molecule has 23 rings (SSSR count). The molecule has 23 aromatic rings. The Hall–Kier alpha value is -13.7. The molecule has 0 saturated carbocycles. The molecule has 6 heterocycles. The van der Waals surface area contributed by atoms with Gasteiger partial charge in [0.2, 0.25) is 0 Å². The molecule has 6 heteroatoms. The summed E-state index contributed by atoms with van der Waals surface area (Å²) in [5.74, 6) is 0. The fourth-order valence-corrected chi connectivity index (χ4v) is 17.3. The average Bonchev–Trinajstić information content (AvgIpc) is 1.63. The number of hydrogen-bond acceptors (Lipinski definition) is 0. The number of para-hydroxylation sites is 4. The molecule has 6 nitrogen and oxygen atoms in total. The lowest BCUT2D eigenvalue weighted by Gasteiger charge is -2.03. The number of rotatable bonds is 2. The zero-order valence-corrected chi connectivity index (χ0v) is 64.2. The van der Waals surface area contributed by atoms with Gasteiger partial charge in [-0.2, -0.15) is 0 Å². The molecular formula is C105H86N6. The minimum absolute atomic E-state index is 1.26. The van der Waals surface area contributed by atoms with Gasteiger partial charge >= 0.3 is 0 Å². The van der Waals surface area contributed by atoms with E-state index >= 15 is 0 Å². The summed E-state index contributed by atoms with van der Waals surface area (Å²) < 4.78 is 13.7. The third kappa shape index (κ3) is 12.5. The smallest absolute Gasteiger partial charge is 0.0568 e. The SMILES string of the molecule is Cc1ccc2c(c1)c1cc(C)ccc1n2C.Cc1ccc2c(c1)c1ccccc1n2C.Cn1c2ccc(-c3ccccc3)cc2c2cc(-c3ccccc3)ccc21.Cn1c2ccccc2c2c3ccccc3ccc21.Cn1c2ccccc2c2cc3ccccc3cc21.Cn1c2ccccc2c2ccc3ccccc3c21. The van der Waals surface area contributed by atoms with Crippen LogP contribution in [0.1, 0.15) is 16.7 Å². The maximum absolute atomic E-state index is 2.32. The maximum Gasteiger partial charge on any atom is 0.0568 e. The Morgan fingerprint density at radius 3 is 0.937 bits per heavy atom. The Bertz CT molecular complexity index is 7310. The van der Waals surface area contributed by atoms with Crippen molar-refractivity contribution in [2.45, 2.75) is 20.8 Å². The van der Waals surface area contributed by atoms with Crippen LogP contribution in [0.15, 0.2) is 358 Å². The highest BCUT2D eigenvalue weighted by atomic mass is 15.0. The van der Waals surface area contributed by atoms with Crippen molar-refractivity contribution >= 4 is 163 Å². The highest BCUT2D eigenvalue weighted by molar-refractivity contribution is 6.21. The Labute approximate surface area is 646 Å². The maximum atomic E-state index is 2.32. The van der Waals surface area contributed by atoms with E-state index in [9.17, 15) is 0 Å². The summed E-state index contributed by atoms with van der Waals surface area (Å²) in [4.78, 5) is 0. The Balaban J connectivity index is 0.0000000941. The molecule has 17 aromatic carbocycles. The Morgan fingerprint density at radius 1 is 0.153 bits per heavy atom. The molecule has 536 valence electrons. The lowest BCUT2D eigenvalue weighted by molar-refractivity contribution is 1.01. The van der Waals surface area contributed by atoms with E-state index < -0.39 is 0 Å². The summed E-state index contributed by atoms with van der Waals surface area (Å²) in [6.45, 7) is 6.43. The lowest BCUT2D eigenvalue weighted by atomic mass is 10.0. The molecule has 0 aliphatic heterocycles. The zero-order valence-electron chi connectivity index (χ0n) is 64.2. The highest BCUT2D eigenvalue weighted by Crippen LogP contribution is 2.39. The van der Waals surface area contributed by atoms with Crippen LogP contribution in [-0.4, -0.2) is 27.4 Å². The van der Waals surface area contributed by atoms with Gasteiger partial charge in [-0.3, -0.25) is 0 Å². The molecule has 0 radical (unpaired) electrons. The third-order valence-corrected chi connectivity index (χ3v) is 23.0. The van der Waals surface area contributed by atoms with E-state index in [1.807, 2.05) is 0 Å². The second-order valence-electron chi connectivity index (χ2n) is 29.8. The van der Waals surface area contributed by atoms with Gasteiger partial charge in [-0.25, -0.2) is 0 Å². The van der Waals surface area contributed by atoms with Crippen molar-refractivity contribution in [3.63, 3.8) is 0 Å². The topological polar surface area (TPSA) is 29.6 Å². The summed E-state index contributed by atoms with van der Waals surface area (Å²) in [6.07, 6.45) is 0. The van der Waals surface area contributed by atoms with E-state index in [2.05, 4.69) is 448 Å². The summed E-state index contributed by atoms with van der Waals surface area (Å²) in [5, 5.41) is 24.0. The third-order valence-electron chi connectivity index (χ3n) is 23.0. The van der Waals surface area contributed by atoms with Crippen LogP contribution in [0.5, 0.6) is 0 Å². The number of nitrogens with zero attached hydrogens (tertiary/aromatic N) is 6. The first kappa shape index (κ1) is 69.1. The zero-order chi connectivity index (χ0) is 75.5. The molecule has 0 fully saturated rings. The lowest BCUT2D eigenvalue weighted by Crippen LogP contribution is -1.87. The molecule has 0 spiro atoms. The molecule has 0 N–H and O–H groups in total. The molecule has 6 aromatic heterocycles. The number of benzene rings is 17. The van der Waals surface area contributed by atoms with Gasteiger partial charge in [0.05, 0.1) is 5.52 Å². The van der Waals surface area contributed by atoms with Gasteiger partial charge in [-0.15, -0.1) is 0 Å². The number of fused-ring (bicyclic) bond motifs is 23. The number of aryl methyl sites for hydroxylation is 9. The quantitative estimate of drug-likeness (QED) is 0.165. The fraction of sp³-hybridized carbons (Fsp3) is 0.0857. The van der Waals surface area contributed by atoms with Crippen LogP contribution in [0.3, 0.4) is 0 Å². The summed E-state index contributed by atoms with van der Waals surface area (Å²) in [6, 6.07) is 128. The van der Waals surface area contributed by atoms with E-state index in [0.29, 0.717) is 0 Å². The summed E-state index contributed by atoms with van der Waals surface area (Å²) in [5.41, 5.74) is 24.6. The second kappa shape index (κ2) is 28.8. The van der Waals surface area contributed by atoms with Gasteiger partial charge in [0, 0.05) is 173 Å². The molecule has 0 atom stereocenters. The predicted octanol–water partition coefficient (Wildman–Crippen LogP) is 27.7. The Kier molecular flexibility index (Phi) is 17.9. The van der Waals surface area contributed by atoms with Crippen LogP contribution in [0.2, 0.25) is 0 Å². The van der Waals surface area contributed by atoms with Crippen LogP contribution in [0.25, 0.3) is 185 Å². The van der Waals surface area contributed by atoms with Crippen LogP contribution in [-0.2, 0) is 42.3 Å². The first-order chi connectivity index (χ1) is 54.3. The second-order valence-corrected chi connectivity index (χ2v) is 29.8. The molecule has 0 amide bonds. The molecule has 0 saturated heterocycles. The van der Waals surface area contributed by atoms with Crippen LogP contribution >= 0.6 is 0 Å². The Morgan fingerprint density at radius 2 is 0.450 bits per heavy atom. The van der Waals surface area contributed by atoms with Crippen molar-refractivity contribution in [3.05, 3.63) is 375 Å². The van der Waals surface area contributed by atoms with Crippen molar-refractivity contribution in [1.29, 1.82) is 0 Å². The van der Waals surface area contributed by atoms with Gasteiger partial charge in [-0.05, 0) is 173 Å². The van der Waals surface area contributed by atoms with E-state index in [-0.39, 0.29) is 0 Å².